The van der Waals surface area contributed by atoms with Crippen molar-refractivity contribution in [2.24, 2.45) is 0 Å². The second-order valence-electron chi connectivity index (χ2n) is 4.82. The number of carbonyl (C=O) groups excluding carboxylic acids is 1. The van der Waals surface area contributed by atoms with Gasteiger partial charge in [-0.3, -0.25) is 4.79 Å². The number of hydrogen-bond acceptors (Lipinski definition) is 3. The fourth-order valence-electron chi connectivity index (χ4n) is 1.66. The lowest BCUT2D eigenvalue weighted by atomic mass is 9.97. The third-order valence-electron chi connectivity index (χ3n) is 2.79. The first-order valence-corrected chi connectivity index (χ1v) is 6.56. The fraction of sp³-hybridized carbons (Fsp3) is 0.500. The normalized spacial score (nSPS) is 11.4. The molecule has 1 rings (SSSR count). The topological polar surface area (TPSA) is 35.5 Å². The molecular formula is C14H19BrO3. The molecular weight excluding hydrogens is 296 g/mol. The van der Waals surface area contributed by atoms with Crippen molar-refractivity contribution in [3.8, 4) is 5.75 Å². The first kappa shape index (κ1) is 15.2. The van der Waals surface area contributed by atoms with Crippen molar-refractivity contribution < 1.29 is 14.3 Å². The third-order valence-corrected chi connectivity index (χ3v) is 3.41. The fourth-order valence-corrected chi connectivity index (χ4v) is 2.25. The largest absolute Gasteiger partial charge is 0.496 e. The molecule has 0 atom stereocenters. The lowest BCUT2D eigenvalue weighted by Crippen LogP contribution is -2.27. The van der Waals surface area contributed by atoms with E-state index in [-0.39, 0.29) is 5.78 Å². The number of carbonyl (C=O) groups is 1. The van der Waals surface area contributed by atoms with Crippen LogP contribution >= 0.6 is 15.9 Å². The number of ether oxygens (including phenoxy) is 2. The van der Waals surface area contributed by atoms with Crippen LogP contribution < -0.4 is 4.74 Å². The predicted octanol–water partition coefficient (Wildman–Crippen LogP) is 3.38. The van der Waals surface area contributed by atoms with Gasteiger partial charge in [-0.1, -0.05) is 6.07 Å². The highest BCUT2D eigenvalue weighted by Crippen LogP contribution is 2.26. The van der Waals surface area contributed by atoms with Crippen molar-refractivity contribution >= 4 is 21.7 Å². The SMILES string of the molecule is COc1ccc(CC(=O)CC(C)(C)OC)cc1Br. The lowest BCUT2D eigenvalue weighted by molar-refractivity contribution is -0.123. The number of ketones is 1. The molecule has 1 aromatic carbocycles. The van der Waals surface area contributed by atoms with Gasteiger partial charge in [0.15, 0.2) is 0 Å². The van der Waals surface area contributed by atoms with Crippen molar-refractivity contribution in [2.75, 3.05) is 14.2 Å². The molecule has 0 aromatic heterocycles. The monoisotopic (exact) mass is 314 g/mol. The summed E-state index contributed by atoms with van der Waals surface area (Å²) in [5.41, 5.74) is 0.570. The smallest absolute Gasteiger partial charge is 0.140 e. The molecule has 0 saturated heterocycles. The van der Waals surface area contributed by atoms with Gasteiger partial charge in [0.1, 0.15) is 11.5 Å². The van der Waals surface area contributed by atoms with Crippen LogP contribution in [0.2, 0.25) is 0 Å². The van der Waals surface area contributed by atoms with Crippen LogP contribution in [0.15, 0.2) is 22.7 Å². The predicted molar refractivity (Wildman–Crippen MR) is 75.1 cm³/mol. The summed E-state index contributed by atoms with van der Waals surface area (Å²) < 4.78 is 11.3. The van der Waals surface area contributed by atoms with E-state index in [1.54, 1.807) is 14.2 Å². The second kappa shape index (κ2) is 6.34. The van der Waals surface area contributed by atoms with Gasteiger partial charge >= 0.3 is 0 Å². The molecule has 3 nitrogen and oxygen atoms in total. The molecule has 0 radical (unpaired) electrons. The zero-order chi connectivity index (χ0) is 13.8. The Hall–Kier alpha value is -0.870. The summed E-state index contributed by atoms with van der Waals surface area (Å²) in [6.45, 7) is 3.82. The number of rotatable bonds is 6. The molecule has 0 spiro atoms. The summed E-state index contributed by atoms with van der Waals surface area (Å²) in [5.74, 6) is 0.933. The molecule has 100 valence electrons. The average molecular weight is 315 g/mol. The summed E-state index contributed by atoms with van der Waals surface area (Å²) in [4.78, 5) is 11.9. The number of halogens is 1. The lowest BCUT2D eigenvalue weighted by Gasteiger charge is -2.21. The number of methoxy groups -OCH3 is 2. The van der Waals surface area contributed by atoms with Crippen LogP contribution in [0.25, 0.3) is 0 Å². The van der Waals surface area contributed by atoms with Crippen LogP contribution in [0, 0.1) is 0 Å². The highest BCUT2D eigenvalue weighted by molar-refractivity contribution is 9.10. The Morgan fingerprint density at radius 3 is 2.50 bits per heavy atom. The van der Waals surface area contributed by atoms with Gasteiger partial charge < -0.3 is 9.47 Å². The third kappa shape index (κ3) is 4.42. The van der Waals surface area contributed by atoms with Crippen LogP contribution in [-0.4, -0.2) is 25.6 Å². The molecule has 0 N–H and O–H groups in total. The van der Waals surface area contributed by atoms with E-state index in [4.69, 9.17) is 9.47 Å². The van der Waals surface area contributed by atoms with Gasteiger partial charge in [-0.2, -0.15) is 0 Å². The Balaban J connectivity index is 2.68. The molecule has 0 unspecified atom stereocenters. The Morgan fingerprint density at radius 2 is 2.00 bits per heavy atom. The van der Waals surface area contributed by atoms with Crippen LogP contribution in [0.4, 0.5) is 0 Å². The molecule has 18 heavy (non-hydrogen) atoms. The minimum Gasteiger partial charge on any atom is -0.496 e. The summed E-state index contributed by atoms with van der Waals surface area (Å²) in [7, 11) is 3.24. The highest BCUT2D eigenvalue weighted by Gasteiger charge is 2.21. The maximum Gasteiger partial charge on any atom is 0.140 e. The van der Waals surface area contributed by atoms with Crippen LogP contribution in [0.5, 0.6) is 5.75 Å². The minimum absolute atomic E-state index is 0.166. The average Bonchev–Trinajstić information content (AvgIpc) is 2.28. The molecule has 0 heterocycles. The van der Waals surface area contributed by atoms with Crippen molar-refractivity contribution in [1.29, 1.82) is 0 Å². The van der Waals surface area contributed by atoms with E-state index in [0.29, 0.717) is 12.8 Å². The minimum atomic E-state index is -0.402. The molecule has 0 aliphatic rings. The number of hydrogen-bond donors (Lipinski definition) is 0. The van der Waals surface area contributed by atoms with Crippen LogP contribution in [0.1, 0.15) is 25.8 Å². The van der Waals surface area contributed by atoms with Gasteiger partial charge in [0.2, 0.25) is 0 Å². The number of Topliss-reactive ketones (excluding diaryl/α,β-unsaturated/α-hetero) is 1. The Bertz CT molecular complexity index is 427. The van der Waals surface area contributed by atoms with Gasteiger partial charge in [0.25, 0.3) is 0 Å². The maximum atomic E-state index is 11.9. The zero-order valence-corrected chi connectivity index (χ0v) is 12.8. The van der Waals surface area contributed by atoms with Crippen LogP contribution in [-0.2, 0) is 16.0 Å². The van der Waals surface area contributed by atoms with Gasteiger partial charge in [-0.15, -0.1) is 0 Å². The summed E-state index contributed by atoms with van der Waals surface area (Å²) in [5, 5.41) is 0. The Kier molecular flexibility index (Phi) is 5.35. The van der Waals surface area contributed by atoms with Gasteiger partial charge in [-0.25, -0.2) is 0 Å². The van der Waals surface area contributed by atoms with E-state index < -0.39 is 5.60 Å². The summed E-state index contributed by atoms with van der Waals surface area (Å²) in [6.07, 6.45) is 0.822. The molecule has 0 amide bonds. The van der Waals surface area contributed by atoms with Crippen molar-refractivity contribution in [1.82, 2.24) is 0 Å². The van der Waals surface area contributed by atoms with Crippen molar-refractivity contribution in [3.05, 3.63) is 28.2 Å². The van der Waals surface area contributed by atoms with Gasteiger partial charge in [-0.05, 0) is 47.5 Å². The Labute approximate surface area is 117 Å². The summed E-state index contributed by atoms with van der Waals surface area (Å²) >= 11 is 3.41. The van der Waals surface area contributed by atoms with E-state index in [1.165, 1.54) is 0 Å². The van der Waals surface area contributed by atoms with Gasteiger partial charge in [0.05, 0.1) is 17.2 Å². The van der Waals surface area contributed by atoms with E-state index in [9.17, 15) is 4.79 Å². The molecule has 0 aliphatic heterocycles. The molecule has 0 saturated carbocycles. The molecule has 1 aromatic rings. The van der Waals surface area contributed by atoms with E-state index >= 15 is 0 Å². The highest BCUT2D eigenvalue weighted by atomic mass is 79.9. The molecule has 0 bridgehead atoms. The first-order valence-electron chi connectivity index (χ1n) is 5.77. The van der Waals surface area contributed by atoms with Crippen LogP contribution in [0.3, 0.4) is 0 Å². The van der Waals surface area contributed by atoms with E-state index in [1.807, 2.05) is 32.0 Å². The van der Waals surface area contributed by atoms with E-state index in [0.717, 1.165) is 15.8 Å². The standard InChI is InChI=1S/C14H19BrO3/c1-14(2,18-4)9-11(16)7-10-5-6-13(17-3)12(15)8-10/h5-6,8H,7,9H2,1-4H3. The van der Waals surface area contributed by atoms with E-state index in [2.05, 4.69) is 15.9 Å². The zero-order valence-electron chi connectivity index (χ0n) is 11.2. The Morgan fingerprint density at radius 1 is 1.33 bits per heavy atom. The van der Waals surface area contributed by atoms with Gasteiger partial charge in [0, 0.05) is 20.0 Å². The number of benzene rings is 1. The second-order valence-corrected chi connectivity index (χ2v) is 5.68. The first-order chi connectivity index (χ1) is 8.38. The summed E-state index contributed by atoms with van der Waals surface area (Å²) in [6, 6.07) is 5.67. The van der Waals surface area contributed by atoms with Crippen molar-refractivity contribution in [2.45, 2.75) is 32.3 Å². The molecule has 0 fully saturated rings. The molecule has 0 aliphatic carbocycles. The molecule has 4 heteroatoms. The maximum absolute atomic E-state index is 11.9. The quantitative estimate of drug-likeness (QED) is 0.807. The van der Waals surface area contributed by atoms with Crippen molar-refractivity contribution in [3.63, 3.8) is 0 Å².